The molecule has 20 heavy (non-hydrogen) atoms. The van der Waals surface area contributed by atoms with Gasteiger partial charge in [0.1, 0.15) is 6.04 Å². The maximum absolute atomic E-state index is 12.6. The van der Waals surface area contributed by atoms with E-state index in [1.165, 1.54) is 0 Å². The van der Waals surface area contributed by atoms with Gasteiger partial charge in [-0.2, -0.15) is 0 Å². The molecular formula is C15H26N2O3. The Balaban J connectivity index is 2.01. The summed E-state index contributed by atoms with van der Waals surface area (Å²) in [5.41, 5.74) is -0.413. The van der Waals surface area contributed by atoms with Gasteiger partial charge in [-0.1, -0.05) is 12.8 Å². The third-order valence-corrected chi connectivity index (χ3v) is 4.68. The van der Waals surface area contributed by atoms with Crippen LogP contribution in [0.4, 0.5) is 0 Å². The number of hydrogen-bond donors (Lipinski definition) is 1. The Bertz CT molecular complexity index is 364. The molecule has 0 spiro atoms. The van der Waals surface area contributed by atoms with E-state index in [0.717, 1.165) is 45.1 Å². The van der Waals surface area contributed by atoms with Crippen molar-refractivity contribution in [1.82, 2.24) is 10.2 Å². The van der Waals surface area contributed by atoms with Crippen LogP contribution in [0.2, 0.25) is 0 Å². The van der Waals surface area contributed by atoms with Gasteiger partial charge in [0, 0.05) is 20.2 Å². The highest BCUT2D eigenvalue weighted by molar-refractivity contribution is 5.90. The van der Waals surface area contributed by atoms with E-state index in [2.05, 4.69) is 5.32 Å². The smallest absolute Gasteiger partial charge is 0.245 e. The second-order valence-corrected chi connectivity index (χ2v) is 6.01. The second-order valence-electron chi connectivity index (χ2n) is 6.01. The lowest BCUT2D eigenvalue weighted by atomic mass is 9.85. The van der Waals surface area contributed by atoms with Gasteiger partial charge in [-0.15, -0.1) is 0 Å². The summed E-state index contributed by atoms with van der Waals surface area (Å²) in [4.78, 5) is 26.7. The Morgan fingerprint density at radius 2 is 2.10 bits per heavy atom. The summed E-state index contributed by atoms with van der Waals surface area (Å²) in [6, 6.07) is -0.342. The largest absolute Gasteiger partial charge is 0.384 e. The SMILES string of the molecule is CCN1CCCC(NC(=O)C2(COC)CCCC2)C1=O. The van der Waals surface area contributed by atoms with Crippen LogP contribution in [0.15, 0.2) is 0 Å². The summed E-state index contributed by atoms with van der Waals surface area (Å²) < 4.78 is 5.25. The molecule has 2 fully saturated rings. The number of piperidine rings is 1. The Hall–Kier alpha value is -1.10. The van der Waals surface area contributed by atoms with E-state index < -0.39 is 5.41 Å². The van der Waals surface area contributed by atoms with Crippen LogP contribution < -0.4 is 5.32 Å². The average Bonchev–Trinajstić information content (AvgIpc) is 2.91. The first kappa shape index (κ1) is 15.3. The van der Waals surface area contributed by atoms with Gasteiger partial charge in [0.25, 0.3) is 0 Å². The van der Waals surface area contributed by atoms with Crippen molar-refractivity contribution in [2.24, 2.45) is 5.41 Å². The van der Waals surface area contributed by atoms with Gasteiger partial charge in [-0.05, 0) is 32.6 Å². The van der Waals surface area contributed by atoms with Crippen molar-refractivity contribution in [2.45, 2.75) is 51.5 Å². The standard InChI is InChI=1S/C15H26N2O3/c1-3-17-10-6-7-12(13(17)18)16-14(19)15(11-20-2)8-4-5-9-15/h12H,3-11H2,1-2H3,(H,16,19). The zero-order chi connectivity index (χ0) is 14.6. The van der Waals surface area contributed by atoms with E-state index in [-0.39, 0.29) is 17.9 Å². The quantitative estimate of drug-likeness (QED) is 0.827. The Morgan fingerprint density at radius 3 is 2.70 bits per heavy atom. The first-order chi connectivity index (χ1) is 9.63. The Labute approximate surface area is 121 Å². The van der Waals surface area contributed by atoms with E-state index in [4.69, 9.17) is 4.74 Å². The van der Waals surface area contributed by atoms with Crippen molar-refractivity contribution in [1.29, 1.82) is 0 Å². The number of rotatable bonds is 5. The molecule has 114 valence electrons. The zero-order valence-electron chi connectivity index (χ0n) is 12.6. The lowest BCUT2D eigenvalue weighted by Gasteiger charge is -2.34. The molecule has 2 rings (SSSR count). The number of nitrogens with zero attached hydrogens (tertiary/aromatic N) is 1. The zero-order valence-corrected chi connectivity index (χ0v) is 12.6. The highest BCUT2D eigenvalue weighted by atomic mass is 16.5. The van der Waals surface area contributed by atoms with Gasteiger partial charge in [0.05, 0.1) is 12.0 Å². The van der Waals surface area contributed by atoms with Crippen LogP contribution in [0.1, 0.15) is 45.4 Å². The van der Waals surface area contributed by atoms with E-state index in [0.29, 0.717) is 13.2 Å². The van der Waals surface area contributed by atoms with Crippen LogP contribution in [0, 0.1) is 5.41 Å². The summed E-state index contributed by atoms with van der Waals surface area (Å²) in [5.74, 6) is 0.0748. The van der Waals surface area contributed by atoms with E-state index >= 15 is 0 Å². The van der Waals surface area contributed by atoms with Crippen LogP contribution in [0.25, 0.3) is 0 Å². The molecule has 2 aliphatic rings. The van der Waals surface area contributed by atoms with Gasteiger partial charge in [0.2, 0.25) is 11.8 Å². The average molecular weight is 282 g/mol. The normalized spacial score (nSPS) is 25.8. The number of carbonyl (C=O) groups excluding carboxylic acids is 2. The van der Waals surface area contributed by atoms with Gasteiger partial charge < -0.3 is 15.0 Å². The molecule has 1 saturated heterocycles. The van der Waals surface area contributed by atoms with Crippen LogP contribution in [0.5, 0.6) is 0 Å². The summed E-state index contributed by atoms with van der Waals surface area (Å²) in [5, 5.41) is 2.99. The molecular weight excluding hydrogens is 256 g/mol. The molecule has 1 N–H and O–H groups in total. The number of likely N-dealkylation sites (tertiary alicyclic amines) is 1. The minimum Gasteiger partial charge on any atom is -0.384 e. The third-order valence-electron chi connectivity index (χ3n) is 4.68. The highest BCUT2D eigenvalue weighted by Gasteiger charge is 2.43. The van der Waals surface area contributed by atoms with Crippen molar-refractivity contribution < 1.29 is 14.3 Å². The molecule has 0 aromatic heterocycles. The topological polar surface area (TPSA) is 58.6 Å². The molecule has 0 radical (unpaired) electrons. The first-order valence-electron chi connectivity index (χ1n) is 7.71. The van der Waals surface area contributed by atoms with E-state index in [9.17, 15) is 9.59 Å². The third kappa shape index (κ3) is 2.97. The number of likely N-dealkylation sites (N-methyl/N-ethyl adjacent to an activating group) is 1. The Morgan fingerprint density at radius 1 is 1.40 bits per heavy atom. The van der Waals surface area contributed by atoms with E-state index in [1.807, 2.05) is 11.8 Å². The maximum atomic E-state index is 12.6. The molecule has 1 atom stereocenters. The molecule has 1 unspecified atom stereocenters. The minimum atomic E-state index is -0.413. The molecule has 2 amide bonds. The molecule has 5 heteroatoms. The number of hydrogen-bond acceptors (Lipinski definition) is 3. The molecule has 1 heterocycles. The lowest BCUT2D eigenvalue weighted by molar-refractivity contribution is -0.142. The first-order valence-corrected chi connectivity index (χ1v) is 7.71. The lowest BCUT2D eigenvalue weighted by Crippen LogP contribution is -2.55. The molecule has 1 saturated carbocycles. The summed E-state index contributed by atoms with van der Waals surface area (Å²) in [7, 11) is 1.64. The fourth-order valence-electron chi connectivity index (χ4n) is 3.46. The van der Waals surface area contributed by atoms with Crippen molar-refractivity contribution in [2.75, 3.05) is 26.8 Å². The fraction of sp³-hybridized carbons (Fsp3) is 0.867. The minimum absolute atomic E-state index is 0.00755. The molecule has 5 nitrogen and oxygen atoms in total. The van der Waals surface area contributed by atoms with Gasteiger partial charge in [-0.3, -0.25) is 9.59 Å². The number of amides is 2. The van der Waals surface area contributed by atoms with Crippen molar-refractivity contribution in [3.05, 3.63) is 0 Å². The number of carbonyl (C=O) groups is 2. The number of nitrogens with one attached hydrogen (secondary N) is 1. The van der Waals surface area contributed by atoms with Crippen LogP contribution in [0.3, 0.4) is 0 Å². The van der Waals surface area contributed by atoms with Crippen molar-refractivity contribution in [3.63, 3.8) is 0 Å². The summed E-state index contributed by atoms with van der Waals surface area (Å²) in [6.07, 6.45) is 5.58. The molecule has 1 aliphatic carbocycles. The number of ether oxygens (including phenoxy) is 1. The molecule has 0 aromatic rings. The summed E-state index contributed by atoms with van der Waals surface area (Å²) in [6.45, 7) is 3.96. The van der Waals surface area contributed by atoms with Crippen LogP contribution in [-0.4, -0.2) is 49.6 Å². The molecule has 1 aliphatic heterocycles. The highest BCUT2D eigenvalue weighted by Crippen LogP contribution is 2.38. The number of methoxy groups -OCH3 is 1. The predicted octanol–water partition coefficient (Wildman–Crippen LogP) is 1.32. The summed E-state index contributed by atoms with van der Waals surface area (Å²) >= 11 is 0. The van der Waals surface area contributed by atoms with Crippen LogP contribution in [-0.2, 0) is 14.3 Å². The predicted molar refractivity (Wildman–Crippen MR) is 76.2 cm³/mol. The van der Waals surface area contributed by atoms with E-state index in [1.54, 1.807) is 7.11 Å². The van der Waals surface area contributed by atoms with Gasteiger partial charge >= 0.3 is 0 Å². The monoisotopic (exact) mass is 282 g/mol. The molecule has 0 aromatic carbocycles. The van der Waals surface area contributed by atoms with Crippen molar-refractivity contribution in [3.8, 4) is 0 Å². The van der Waals surface area contributed by atoms with Crippen molar-refractivity contribution >= 4 is 11.8 Å². The maximum Gasteiger partial charge on any atom is 0.245 e. The second kappa shape index (κ2) is 6.57. The molecule has 0 bridgehead atoms. The van der Waals surface area contributed by atoms with Crippen LogP contribution >= 0.6 is 0 Å². The Kier molecular flexibility index (Phi) is 5.02. The van der Waals surface area contributed by atoms with Gasteiger partial charge in [-0.25, -0.2) is 0 Å². The fourth-order valence-corrected chi connectivity index (χ4v) is 3.46. The van der Waals surface area contributed by atoms with Gasteiger partial charge in [0.15, 0.2) is 0 Å².